The molecule has 1 aromatic heterocycles. The van der Waals surface area contributed by atoms with E-state index in [0.717, 1.165) is 10.6 Å². The van der Waals surface area contributed by atoms with Crippen LogP contribution in [0.4, 0.5) is 0 Å². The molecule has 0 N–H and O–H groups in total. The summed E-state index contributed by atoms with van der Waals surface area (Å²) < 4.78 is 9.52. The van der Waals surface area contributed by atoms with E-state index in [0.29, 0.717) is 0 Å². The molecule has 0 atom stereocenters. The molecule has 0 unspecified atom stereocenters. The summed E-state index contributed by atoms with van der Waals surface area (Å²) in [4.78, 5) is 11.7. The molecular weight excluding hydrogens is 188 g/mol. The van der Waals surface area contributed by atoms with E-state index in [4.69, 9.17) is 4.74 Å². The Morgan fingerprint density at radius 1 is 1.54 bits per heavy atom. The number of thiophene rings is 1. The monoisotopic (exact) mass is 198 g/mol. The molecule has 1 heterocycles. The van der Waals surface area contributed by atoms with Crippen LogP contribution in [0, 0.1) is 0 Å². The first-order chi connectivity index (χ1) is 6.27. The van der Waals surface area contributed by atoms with E-state index in [-0.39, 0.29) is 5.97 Å². The van der Waals surface area contributed by atoms with E-state index < -0.39 is 0 Å². The van der Waals surface area contributed by atoms with Crippen LogP contribution in [0.2, 0.25) is 0 Å². The SMILES string of the molecule is COC(=O)C=Cc1sccc1OC. The molecule has 1 aromatic rings. The highest BCUT2D eigenvalue weighted by Gasteiger charge is 2.00. The van der Waals surface area contributed by atoms with Crippen molar-refractivity contribution < 1.29 is 14.3 Å². The van der Waals surface area contributed by atoms with Crippen LogP contribution in [0.15, 0.2) is 17.5 Å². The molecule has 3 nitrogen and oxygen atoms in total. The molecule has 4 heteroatoms. The molecule has 13 heavy (non-hydrogen) atoms. The first kappa shape index (κ1) is 9.80. The van der Waals surface area contributed by atoms with Gasteiger partial charge in [0.25, 0.3) is 0 Å². The highest BCUT2D eigenvalue weighted by atomic mass is 32.1. The number of hydrogen-bond donors (Lipinski definition) is 0. The lowest BCUT2D eigenvalue weighted by molar-refractivity contribution is -0.134. The van der Waals surface area contributed by atoms with E-state index in [2.05, 4.69) is 4.74 Å². The van der Waals surface area contributed by atoms with Crippen LogP contribution in [0.5, 0.6) is 5.75 Å². The van der Waals surface area contributed by atoms with Gasteiger partial charge in [-0.2, -0.15) is 0 Å². The summed E-state index contributed by atoms with van der Waals surface area (Å²) in [6.07, 6.45) is 3.05. The number of methoxy groups -OCH3 is 2. The molecule has 0 aliphatic heterocycles. The van der Waals surface area contributed by atoms with Gasteiger partial charge < -0.3 is 9.47 Å². The molecule has 0 saturated heterocycles. The van der Waals surface area contributed by atoms with Gasteiger partial charge in [0, 0.05) is 6.08 Å². The third-order valence-electron chi connectivity index (χ3n) is 1.45. The summed E-state index contributed by atoms with van der Waals surface area (Å²) in [6.45, 7) is 0. The zero-order chi connectivity index (χ0) is 9.68. The minimum Gasteiger partial charge on any atom is -0.495 e. The second kappa shape index (κ2) is 4.67. The first-order valence-corrected chi connectivity index (χ1v) is 4.53. The molecule has 0 aromatic carbocycles. The minimum atomic E-state index is -0.365. The van der Waals surface area contributed by atoms with Crippen molar-refractivity contribution >= 4 is 23.4 Å². The van der Waals surface area contributed by atoms with Crippen molar-refractivity contribution in [3.8, 4) is 5.75 Å². The molecule has 0 saturated carbocycles. The number of carbonyl (C=O) groups is 1. The van der Waals surface area contributed by atoms with Gasteiger partial charge in [-0.05, 0) is 17.5 Å². The maximum atomic E-state index is 10.8. The third kappa shape index (κ3) is 2.59. The molecule has 0 spiro atoms. The summed E-state index contributed by atoms with van der Waals surface area (Å²) in [5.41, 5.74) is 0. The quantitative estimate of drug-likeness (QED) is 0.550. The molecule has 0 aliphatic rings. The molecule has 0 aliphatic carbocycles. The van der Waals surface area contributed by atoms with Crippen molar-refractivity contribution in [2.75, 3.05) is 14.2 Å². The largest absolute Gasteiger partial charge is 0.495 e. The second-order valence-electron chi connectivity index (χ2n) is 2.21. The van der Waals surface area contributed by atoms with Gasteiger partial charge in [0.2, 0.25) is 0 Å². The second-order valence-corrected chi connectivity index (χ2v) is 3.16. The molecule has 1 rings (SSSR count). The fourth-order valence-corrected chi connectivity index (χ4v) is 1.56. The maximum absolute atomic E-state index is 10.8. The Balaban J connectivity index is 2.73. The third-order valence-corrected chi connectivity index (χ3v) is 2.31. The van der Waals surface area contributed by atoms with Crippen LogP contribution in [-0.2, 0) is 9.53 Å². The Morgan fingerprint density at radius 2 is 2.31 bits per heavy atom. The van der Waals surface area contributed by atoms with E-state index in [9.17, 15) is 4.79 Å². The van der Waals surface area contributed by atoms with Crippen LogP contribution < -0.4 is 4.74 Å². The molecular formula is C9H10O3S. The fraction of sp³-hybridized carbons (Fsp3) is 0.222. The molecule has 0 bridgehead atoms. The van der Waals surface area contributed by atoms with Crippen LogP contribution in [0.1, 0.15) is 4.88 Å². The number of ether oxygens (including phenoxy) is 2. The summed E-state index contributed by atoms with van der Waals surface area (Å²) in [5.74, 6) is 0.403. The molecule has 0 radical (unpaired) electrons. The van der Waals surface area contributed by atoms with Gasteiger partial charge in [-0.15, -0.1) is 11.3 Å². The zero-order valence-corrected chi connectivity index (χ0v) is 8.26. The Labute approximate surface area is 80.6 Å². The van der Waals surface area contributed by atoms with Crippen LogP contribution >= 0.6 is 11.3 Å². The Kier molecular flexibility index (Phi) is 3.52. The summed E-state index contributed by atoms with van der Waals surface area (Å²) in [6, 6.07) is 1.85. The smallest absolute Gasteiger partial charge is 0.330 e. The standard InChI is InChI=1S/C9H10O3S/c1-11-7-5-6-13-8(7)3-4-9(10)12-2/h3-6H,1-2H3. The van der Waals surface area contributed by atoms with Gasteiger partial charge >= 0.3 is 5.97 Å². The van der Waals surface area contributed by atoms with Crippen LogP contribution in [0.3, 0.4) is 0 Å². The molecule has 0 fully saturated rings. The van der Waals surface area contributed by atoms with E-state index in [1.807, 2.05) is 11.4 Å². The Hall–Kier alpha value is -1.29. The lowest BCUT2D eigenvalue weighted by atomic mass is 10.4. The summed E-state index contributed by atoms with van der Waals surface area (Å²) in [5, 5.41) is 1.90. The minimum absolute atomic E-state index is 0.365. The van der Waals surface area contributed by atoms with Gasteiger partial charge in [0.05, 0.1) is 19.1 Å². The average Bonchev–Trinajstić information content (AvgIpc) is 2.61. The highest BCUT2D eigenvalue weighted by molar-refractivity contribution is 7.11. The fourth-order valence-electron chi connectivity index (χ4n) is 0.811. The summed E-state index contributed by atoms with van der Waals surface area (Å²) in [7, 11) is 2.94. The van der Waals surface area contributed by atoms with E-state index in [1.54, 1.807) is 13.2 Å². The Bertz CT molecular complexity index is 314. The number of carbonyl (C=O) groups excluding carboxylic acids is 1. The lowest BCUT2D eigenvalue weighted by Crippen LogP contribution is -1.93. The Morgan fingerprint density at radius 3 is 2.92 bits per heavy atom. The van der Waals surface area contributed by atoms with Crippen molar-refractivity contribution in [3.63, 3.8) is 0 Å². The normalized spacial score (nSPS) is 10.3. The number of esters is 1. The first-order valence-electron chi connectivity index (χ1n) is 3.65. The topological polar surface area (TPSA) is 35.5 Å². The highest BCUT2D eigenvalue weighted by Crippen LogP contribution is 2.25. The van der Waals surface area contributed by atoms with Crippen LogP contribution in [0.25, 0.3) is 6.08 Å². The van der Waals surface area contributed by atoms with Gasteiger partial charge in [0.15, 0.2) is 0 Å². The van der Waals surface area contributed by atoms with Crippen molar-refractivity contribution in [1.29, 1.82) is 0 Å². The zero-order valence-electron chi connectivity index (χ0n) is 7.44. The van der Waals surface area contributed by atoms with Crippen molar-refractivity contribution in [3.05, 3.63) is 22.4 Å². The lowest BCUT2D eigenvalue weighted by Gasteiger charge is -1.95. The number of hydrogen-bond acceptors (Lipinski definition) is 4. The predicted molar refractivity (Wildman–Crippen MR) is 51.9 cm³/mol. The van der Waals surface area contributed by atoms with Crippen molar-refractivity contribution in [2.24, 2.45) is 0 Å². The van der Waals surface area contributed by atoms with Gasteiger partial charge in [-0.3, -0.25) is 0 Å². The van der Waals surface area contributed by atoms with Gasteiger partial charge in [-0.1, -0.05) is 0 Å². The van der Waals surface area contributed by atoms with Crippen molar-refractivity contribution in [1.82, 2.24) is 0 Å². The average molecular weight is 198 g/mol. The number of rotatable bonds is 3. The van der Waals surface area contributed by atoms with Crippen LogP contribution in [-0.4, -0.2) is 20.2 Å². The predicted octanol–water partition coefficient (Wildman–Crippen LogP) is 1.94. The van der Waals surface area contributed by atoms with Crippen molar-refractivity contribution in [2.45, 2.75) is 0 Å². The van der Waals surface area contributed by atoms with E-state index in [1.165, 1.54) is 24.5 Å². The summed E-state index contributed by atoms with van der Waals surface area (Å²) >= 11 is 1.51. The van der Waals surface area contributed by atoms with Gasteiger partial charge in [-0.25, -0.2) is 4.79 Å². The molecule has 0 amide bonds. The van der Waals surface area contributed by atoms with E-state index >= 15 is 0 Å². The van der Waals surface area contributed by atoms with Gasteiger partial charge in [0.1, 0.15) is 5.75 Å². The maximum Gasteiger partial charge on any atom is 0.330 e. The molecule has 70 valence electrons.